The molecule has 2 N–H and O–H groups in total. The number of benzene rings is 2. The van der Waals surface area contributed by atoms with Crippen LogP contribution in [0.25, 0.3) is 0 Å². The molecule has 0 saturated heterocycles. The van der Waals surface area contributed by atoms with Crippen LogP contribution in [0.2, 0.25) is 0 Å². The zero-order valence-corrected chi connectivity index (χ0v) is 9.46. The number of nitrogens with one attached hydrogen (secondary N) is 1. The second-order valence-corrected chi connectivity index (χ2v) is 3.51. The summed E-state index contributed by atoms with van der Waals surface area (Å²) < 4.78 is 0. The largest absolute Gasteiger partial charge is 0.508 e. The third-order valence-corrected chi connectivity index (χ3v) is 2.29. The van der Waals surface area contributed by atoms with Gasteiger partial charge in [-0.1, -0.05) is 0 Å². The molecule has 2 rings (SSSR count). The van der Waals surface area contributed by atoms with Gasteiger partial charge in [0.25, 0.3) is 0 Å². The first-order valence-corrected chi connectivity index (χ1v) is 5.26. The molecule has 4 nitrogen and oxygen atoms in total. The second-order valence-electron chi connectivity index (χ2n) is 3.51. The van der Waals surface area contributed by atoms with Crippen molar-refractivity contribution in [1.82, 2.24) is 0 Å². The first-order chi connectivity index (χ1) is 8.28. The van der Waals surface area contributed by atoms with Gasteiger partial charge < -0.3 is 10.4 Å². The van der Waals surface area contributed by atoms with Crippen molar-refractivity contribution in [3.63, 3.8) is 0 Å². The van der Waals surface area contributed by atoms with Crippen molar-refractivity contribution in [2.24, 2.45) is 10.2 Å². The molecule has 0 bridgehead atoms. The Labute approximate surface area is 99.6 Å². The van der Waals surface area contributed by atoms with Crippen LogP contribution >= 0.6 is 0 Å². The van der Waals surface area contributed by atoms with Gasteiger partial charge in [-0.15, -0.1) is 0 Å². The molecule has 86 valence electrons. The smallest absolute Gasteiger partial charge is 0.115 e. The summed E-state index contributed by atoms with van der Waals surface area (Å²) in [6.07, 6.45) is 0. The number of rotatable bonds is 3. The van der Waals surface area contributed by atoms with Gasteiger partial charge in [-0.2, -0.15) is 10.2 Å². The lowest BCUT2D eigenvalue weighted by atomic mass is 10.3. The monoisotopic (exact) mass is 227 g/mol. The van der Waals surface area contributed by atoms with Crippen LogP contribution in [0.1, 0.15) is 0 Å². The SMILES string of the molecule is CNc1ccc(N=Nc2ccc(O)cc2)cc1. The van der Waals surface area contributed by atoms with Crippen molar-refractivity contribution < 1.29 is 5.11 Å². The maximum atomic E-state index is 9.12. The van der Waals surface area contributed by atoms with Gasteiger partial charge in [0.15, 0.2) is 0 Å². The normalized spacial score (nSPS) is 10.6. The summed E-state index contributed by atoms with van der Waals surface area (Å²) in [5.41, 5.74) is 2.53. The Hall–Kier alpha value is -2.36. The van der Waals surface area contributed by atoms with Crippen LogP contribution in [-0.2, 0) is 0 Å². The van der Waals surface area contributed by atoms with E-state index in [4.69, 9.17) is 5.11 Å². The van der Waals surface area contributed by atoms with Gasteiger partial charge in [-0.05, 0) is 48.5 Å². The molecule has 0 heterocycles. The molecule has 2 aromatic rings. The highest BCUT2D eigenvalue weighted by Crippen LogP contribution is 2.21. The van der Waals surface area contributed by atoms with Crippen LogP contribution in [0.3, 0.4) is 0 Å². The predicted octanol–water partition coefficient (Wildman–Crippen LogP) is 3.85. The quantitative estimate of drug-likeness (QED) is 0.782. The van der Waals surface area contributed by atoms with Gasteiger partial charge >= 0.3 is 0 Å². The molecular weight excluding hydrogens is 214 g/mol. The summed E-state index contributed by atoms with van der Waals surface area (Å²) in [4.78, 5) is 0. The van der Waals surface area contributed by atoms with Crippen LogP contribution < -0.4 is 5.32 Å². The number of phenolic OH excluding ortho intramolecular Hbond substituents is 1. The van der Waals surface area contributed by atoms with Crippen molar-refractivity contribution in [3.05, 3.63) is 48.5 Å². The molecule has 2 aromatic carbocycles. The number of aromatic hydroxyl groups is 1. The Morgan fingerprint density at radius 3 is 1.76 bits per heavy atom. The summed E-state index contributed by atoms with van der Waals surface area (Å²) in [6.45, 7) is 0. The third kappa shape index (κ3) is 3.04. The van der Waals surface area contributed by atoms with Gasteiger partial charge in [-0.3, -0.25) is 0 Å². The zero-order valence-electron chi connectivity index (χ0n) is 9.46. The summed E-state index contributed by atoms with van der Waals surface area (Å²) in [6, 6.07) is 14.2. The van der Waals surface area contributed by atoms with E-state index in [1.165, 1.54) is 0 Å². The van der Waals surface area contributed by atoms with Crippen molar-refractivity contribution in [1.29, 1.82) is 0 Å². The molecule has 0 aliphatic heterocycles. The summed E-state index contributed by atoms with van der Waals surface area (Å²) in [5, 5.41) is 20.3. The highest BCUT2D eigenvalue weighted by atomic mass is 16.3. The Kier molecular flexibility index (Phi) is 3.35. The van der Waals surface area contributed by atoms with Crippen LogP contribution in [0.15, 0.2) is 58.8 Å². The van der Waals surface area contributed by atoms with Crippen molar-refractivity contribution in [2.75, 3.05) is 12.4 Å². The van der Waals surface area contributed by atoms with E-state index in [0.29, 0.717) is 5.69 Å². The Morgan fingerprint density at radius 2 is 1.29 bits per heavy atom. The van der Waals surface area contributed by atoms with Gasteiger partial charge in [-0.25, -0.2) is 0 Å². The lowest BCUT2D eigenvalue weighted by Gasteiger charge is -1.98. The number of phenols is 1. The fourth-order valence-electron chi connectivity index (χ4n) is 1.33. The van der Waals surface area contributed by atoms with Gasteiger partial charge in [0.2, 0.25) is 0 Å². The average molecular weight is 227 g/mol. The third-order valence-electron chi connectivity index (χ3n) is 2.29. The molecule has 0 aliphatic carbocycles. The average Bonchev–Trinajstić information content (AvgIpc) is 2.39. The molecule has 0 atom stereocenters. The first kappa shape index (κ1) is 11.1. The lowest BCUT2D eigenvalue weighted by Crippen LogP contribution is -1.84. The summed E-state index contributed by atoms with van der Waals surface area (Å²) >= 11 is 0. The van der Waals surface area contributed by atoms with Crippen molar-refractivity contribution in [3.8, 4) is 5.75 Å². The molecule has 0 fully saturated rings. The van der Waals surface area contributed by atoms with E-state index in [0.717, 1.165) is 11.4 Å². The minimum absolute atomic E-state index is 0.224. The van der Waals surface area contributed by atoms with E-state index < -0.39 is 0 Å². The zero-order chi connectivity index (χ0) is 12.1. The first-order valence-electron chi connectivity index (χ1n) is 5.26. The van der Waals surface area contributed by atoms with Crippen molar-refractivity contribution >= 4 is 17.1 Å². The van der Waals surface area contributed by atoms with Crippen LogP contribution in [-0.4, -0.2) is 12.2 Å². The number of hydrogen-bond acceptors (Lipinski definition) is 4. The Morgan fingerprint density at radius 1 is 0.824 bits per heavy atom. The number of anilines is 1. The summed E-state index contributed by atoms with van der Waals surface area (Å²) in [7, 11) is 1.87. The maximum Gasteiger partial charge on any atom is 0.115 e. The molecule has 0 radical (unpaired) electrons. The van der Waals surface area contributed by atoms with E-state index >= 15 is 0 Å². The van der Waals surface area contributed by atoms with E-state index in [1.54, 1.807) is 24.3 Å². The molecular formula is C13H13N3O. The Bertz CT molecular complexity index is 503. The van der Waals surface area contributed by atoms with Gasteiger partial charge in [0, 0.05) is 12.7 Å². The maximum absolute atomic E-state index is 9.12. The minimum Gasteiger partial charge on any atom is -0.508 e. The number of azo groups is 1. The predicted molar refractivity (Wildman–Crippen MR) is 68.3 cm³/mol. The fourth-order valence-corrected chi connectivity index (χ4v) is 1.33. The highest BCUT2D eigenvalue weighted by Gasteiger charge is 1.92. The number of hydrogen-bond donors (Lipinski definition) is 2. The topological polar surface area (TPSA) is 57.0 Å². The molecule has 17 heavy (non-hydrogen) atoms. The van der Waals surface area contributed by atoms with E-state index in [2.05, 4.69) is 15.5 Å². The molecule has 0 aromatic heterocycles. The molecule has 4 heteroatoms. The van der Waals surface area contributed by atoms with Crippen LogP contribution in [0.4, 0.5) is 17.1 Å². The molecule has 0 saturated carbocycles. The van der Waals surface area contributed by atoms with E-state index in [1.807, 2.05) is 31.3 Å². The van der Waals surface area contributed by atoms with E-state index in [-0.39, 0.29) is 5.75 Å². The molecule has 0 unspecified atom stereocenters. The van der Waals surface area contributed by atoms with Crippen molar-refractivity contribution in [2.45, 2.75) is 0 Å². The van der Waals surface area contributed by atoms with Crippen LogP contribution in [0, 0.1) is 0 Å². The molecule has 0 spiro atoms. The lowest BCUT2D eigenvalue weighted by molar-refractivity contribution is 0.475. The second kappa shape index (κ2) is 5.12. The number of nitrogens with zero attached hydrogens (tertiary/aromatic N) is 2. The van der Waals surface area contributed by atoms with Crippen LogP contribution in [0.5, 0.6) is 5.75 Å². The Balaban J connectivity index is 2.11. The standard InChI is InChI=1S/C13H13N3O/c1-14-10-2-4-11(5-3-10)15-16-12-6-8-13(17)9-7-12/h2-9,14,17H,1H3. The molecule has 0 amide bonds. The highest BCUT2D eigenvalue weighted by molar-refractivity contribution is 5.50. The molecule has 0 aliphatic rings. The van der Waals surface area contributed by atoms with Gasteiger partial charge in [0.1, 0.15) is 5.75 Å². The minimum atomic E-state index is 0.224. The van der Waals surface area contributed by atoms with Gasteiger partial charge in [0.05, 0.1) is 11.4 Å². The van der Waals surface area contributed by atoms with E-state index in [9.17, 15) is 0 Å². The fraction of sp³-hybridized carbons (Fsp3) is 0.0769. The summed E-state index contributed by atoms with van der Waals surface area (Å²) in [5.74, 6) is 0.224.